The first kappa shape index (κ1) is 8.30. The van der Waals surface area contributed by atoms with E-state index in [-0.39, 0.29) is 0 Å². The first-order valence-electron chi connectivity index (χ1n) is 2.39. The van der Waals surface area contributed by atoms with E-state index in [0.717, 1.165) is 11.8 Å². The zero-order valence-electron chi connectivity index (χ0n) is 5.13. The van der Waals surface area contributed by atoms with Crippen molar-refractivity contribution in [1.82, 2.24) is 0 Å². The van der Waals surface area contributed by atoms with Crippen LogP contribution in [0.4, 0.5) is 0 Å². The van der Waals surface area contributed by atoms with Gasteiger partial charge in [0.05, 0.1) is 4.91 Å². The lowest BCUT2D eigenvalue weighted by molar-refractivity contribution is -0.131. The molecule has 0 rings (SSSR count). The van der Waals surface area contributed by atoms with E-state index in [9.17, 15) is 4.79 Å². The van der Waals surface area contributed by atoms with Gasteiger partial charge in [0, 0.05) is 0 Å². The van der Waals surface area contributed by atoms with Gasteiger partial charge in [-0.1, -0.05) is 24.4 Å². The maximum Gasteiger partial charge on any atom is 0.342 e. The molecular formula is C6H8O2S. The molecular weight excluding hydrogens is 136 g/mol. The lowest BCUT2D eigenvalue weighted by Crippen LogP contribution is -1.94. The van der Waals surface area contributed by atoms with Gasteiger partial charge in [0.2, 0.25) is 0 Å². The van der Waals surface area contributed by atoms with Gasteiger partial charge < -0.3 is 5.11 Å². The number of thioether (sulfide) groups is 1. The molecule has 0 aromatic rings. The van der Waals surface area contributed by atoms with Crippen LogP contribution in [0.5, 0.6) is 0 Å². The number of rotatable bonds is 3. The molecule has 0 aromatic heterocycles. The van der Waals surface area contributed by atoms with Crippen molar-refractivity contribution in [1.29, 1.82) is 0 Å². The molecule has 1 N–H and O–H groups in total. The minimum atomic E-state index is -0.901. The van der Waals surface area contributed by atoms with E-state index in [1.807, 2.05) is 0 Å². The van der Waals surface area contributed by atoms with Crippen molar-refractivity contribution >= 4 is 17.7 Å². The molecule has 0 aliphatic carbocycles. The highest BCUT2D eigenvalue weighted by Crippen LogP contribution is 2.14. The van der Waals surface area contributed by atoms with Crippen LogP contribution < -0.4 is 0 Å². The minimum absolute atomic E-state index is 0.310. The molecule has 0 aliphatic rings. The van der Waals surface area contributed by atoms with E-state index >= 15 is 0 Å². The van der Waals surface area contributed by atoms with Crippen LogP contribution in [0, 0.1) is 0 Å². The summed E-state index contributed by atoms with van der Waals surface area (Å²) in [4.78, 5) is 10.5. The van der Waals surface area contributed by atoms with E-state index < -0.39 is 5.97 Å². The molecule has 0 fully saturated rings. The highest BCUT2D eigenvalue weighted by molar-refractivity contribution is 8.06. The zero-order valence-corrected chi connectivity index (χ0v) is 5.94. The number of carbonyl (C=O) groups is 1. The molecule has 0 aromatic carbocycles. The van der Waals surface area contributed by atoms with Gasteiger partial charge in [-0.3, -0.25) is 0 Å². The van der Waals surface area contributed by atoms with Gasteiger partial charge in [0.25, 0.3) is 0 Å². The molecule has 3 heteroatoms. The summed E-state index contributed by atoms with van der Waals surface area (Å²) in [7, 11) is 0. The van der Waals surface area contributed by atoms with Gasteiger partial charge in [0.15, 0.2) is 0 Å². The van der Waals surface area contributed by atoms with Crippen molar-refractivity contribution < 1.29 is 9.90 Å². The summed E-state index contributed by atoms with van der Waals surface area (Å²) < 4.78 is 0. The molecule has 0 radical (unpaired) electrons. The maximum atomic E-state index is 10.2. The summed E-state index contributed by atoms with van der Waals surface area (Å²) in [5.74, 6) is -0.901. The normalized spacial score (nSPS) is 11.0. The van der Waals surface area contributed by atoms with Crippen LogP contribution in [-0.2, 0) is 4.79 Å². The van der Waals surface area contributed by atoms with Crippen LogP contribution in [0.2, 0.25) is 0 Å². The largest absolute Gasteiger partial charge is 0.477 e. The van der Waals surface area contributed by atoms with E-state index in [1.165, 1.54) is 11.5 Å². The molecule has 0 unspecified atom stereocenters. The number of allylic oxidation sites excluding steroid dienone is 1. The quantitative estimate of drug-likeness (QED) is 0.614. The van der Waals surface area contributed by atoms with Crippen LogP contribution in [0.15, 0.2) is 23.0 Å². The second-order valence-corrected chi connectivity index (χ2v) is 2.25. The molecule has 0 saturated carbocycles. The predicted molar refractivity (Wildman–Crippen MR) is 39.2 cm³/mol. The molecule has 50 valence electrons. The van der Waals surface area contributed by atoms with Crippen LogP contribution in [0.1, 0.15) is 6.92 Å². The minimum Gasteiger partial charge on any atom is -0.477 e. The van der Waals surface area contributed by atoms with Crippen molar-refractivity contribution in [2.75, 3.05) is 0 Å². The van der Waals surface area contributed by atoms with Crippen LogP contribution in [0.3, 0.4) is 0 Å². The molecule has 0 atom stereocenters. The van der Waals surface area contributed by atoms with E-state index in [1.54, 1.807) is 6.92 Å². The van der Waals surface area contributed by atoms with Gasteiger partial charge in [0.1, 0.15) is 0 Å². The lowest BCUT2D eigenvalue weighted by Gasteiger charge is -1.91. The van der Waals surface area contributed by atoms with Gasteiger partial charge in [-0.05, 0) is 12.3 Å². The van der Waals surface area contributed by atoms with E-state index in [2.05, 4.69) is 6.58 Å². The van der Waals surface area contributed by atoms with Crippen LogP contribution in [0.25, 0.3) is 0 Å². The monoisotopic (exact) mass is 144 g/mol. The third kappa shape index (κ3) is 2.98. The Kier molecular flexibility index (Phi) is 3.88. The molecule has 0 amide bonds. The van der Waals surface area contributed by atoms with Gasteiger partial charge in [-0.15, -0.1) is 0 Å². The maximum absolute atomic E-state index is 10.2. The molecule has 0 spiro atoms. The Hall–Kier alpha value is -0.700. The van der Waals surface area contributed by atoms with Crippen molar-refractivity contribution in [3.63, 3.8) is 0 Å². The topological polar surface area (TPSA) is 37.3 Å². The third-order valence-electron chi connectivity index (χ3n) is 0.683. The van der Waals surface area contributed by atoms with Crippen molar-refractivity contribution in [3.05, 3.63) is 23.0 Å². The second-order valence-electron chi connectivity index (χ2n) is 1.24. The summed E-state index contributed by atoms with van der Waals surface area (Å²) in [5, 5.41) is 9.86. The third-order valence-corrected chi connectivity index (χ3v) is 1.51. The van der Waals surface area contributed by atoms with Gasteiger partial charge >= 0.3 is 5.97 Å². The Morgan fingerprint density at radius 3 is 2.44 bits per heavy atom. The molecule has 0 saturated heterocycles. The number of aliphatic carboxylic acids is 1. The number of hydrogen-bond donors (Lipinski definition) is 1. The Bertz CT molecular complexity index is 149. The number of carboxylic acids is 1. The van der Waals surface area contributed by atoms with Crippen LogP contribution >= 0.6 is 11.8 Å². The summed E-state index contributed by atoms with van der Waals surface area (Å²) >= 11 is 1.11. The first-order chi connectivity index (χ1) is 4.22. The molecule has 0 heterocycles. The Labute approximate surface area is 58.3 Å². The first-order valence-corrected chi connectivity index (χ1v) is 3.27. The fourth-order valence-electron chi connectivity index (χ4n) is 0.332. The standard InChI is InChI=1S/C6H8O2S/c1-3-5(6(7)8)9-4-2/h3-4H,2H2,1H3,(H,7,8). The smallest absolute Gasteiger partial charge is 0.342 e. The fourth-order valence-corrected chi connectivity index (χ4v) is 0.748. The Morgan fingerprint density at radius 2 is 2.33 bits per heavy atom. The number of carboxylic acid groups (broad SMARTS) is 1. The van der Waals surface area contributed by atoms with Crippen molar-refractivity contribution in [3.8, 4) is 0 Å². The van der Waals surface area contributed by atoms with E-state index in [0.29, 0.717) is 4.91 Å². The molecule has 9 heavy (non-hydrogen) atoms. The predicted octanol–water partition coefficient (Wildman–Crippen LogP) is 1.85. The molecule has 0 aliphatic heterocycles. The fraction of sp³-hybridized carbons (Fsp3) is 0.167. The summed E-state index contributed by atoms with van der Waals surface area (Å²) in [6.45, 7) is 5.07. The molecule has 0 bridgehead atoms. The zero-order chi connectivity index (χ0) is 7.28. The van der Waals surface area contributed by atoms with Crippen LogP contribution in [-0.4, -0.2) is 11.1 Å². The Balaban J connectivity index is 4.00. The highest BCUT2D eigenvalue weighted by atomic mass is 32.2. The number of hydrogen-bond acceptors (Lipinski definition) is 2. The average Bonchev–Trinajstić information content (AvgIpc) is 1.82. The Morgan fingerprint density at radius 1 is 1.78 bits per heavy atom. The molecule has 2 nitrogen and oxygen atoms in total. The highest BCUT2D eigenvalue weighted by Gasteiger charge is 2.01. The second kappa shape index (κ2) is 4.21. The summed E-state index contributed by atoms with van der Waals surface area (Å²) in [6.07, 6.45) is 1.54. The summed E-state index contributed by atoms with van der Waals surface area (Å²) in [5.41, 5.74) is 0. The average molecular weight is 144 g/mol. The SMILES string of the molecule is C=CSC(=CC)C(=O)O. The van der Waals surface area contributed by atoms with Gasteiger partial charge in [-0.2, -0.15) is 0 Å². The van der Waals surface area contributed by atoms with Gasteiger partial charge in [-0.25, -0.2) is 4.79 Å². The lowest BCUT2D eigenvalue weighted by atomic mass is 10.5. The van der Waals surface area contributed by atoms with Crippen molar-refractivity contribution in [2.45, 2.75) is 6.92 Å². The van der Waals surface area contributed by atoms with Crippen molar-refractivity contribution in [2.24, 2.45) is 0 Å². The van der Waals surface area contributed by atoms with E-state index in [4.69, 9.17) is 5.11 Å². The summed E-state index contributed by atoms with van der Waals surface area (Å²) in [6, 6.07) is 0.